The zero-order chi connectivity index (χ0) is 17.8. The highest BCUT2D eigenvalue weighted by Crippen LogP contribution is 2.19. The number of sulfonamides is 2. The van der Waals surface area contributed by atoms with E-state index in [1.807, 2.05) is 0 Å². The molecule has 2 rings (SSSR count). The predicted octanol–water partition coefficient (Wildman–Crippen LogP) is -0.539. The maximum Gasteiger partial charge on any atom is 0.304 e. The molecule has 0 spiro atoms. The molecule has 0 saturated carbocycles. The Bertz CT molecular complexity index is 782. The first-order valence-electron chi connectivity index (χ1n) is 7.13. The third-order valence-electron chi connectivity index (χ3n) is 3.37. The van der Waals surface area contributed by atoms with Crippen molar-refractivity contribution in [1.82, 2.24) is 9.03 Å². The van der Waals surface area contributed by atoms with Crippen LogP contribution in [0.2, 0.25) is 0 Å². The number of aliphatic carboxylic acids is 1. The summed E-state index contributed by atoms with van der Waals surface area (Å²) in [4.78, 5) is 10.3. The molecule has 2 N–H and O–H groups in total. The van der Waals surface area contributed by atoms with Crippen molar-refractivity contribution in [3.8, 4) is 0 Å². The summed E-state index contributed by atoms with van der Waals surface area (Å²) in [5, 5.41) is 8.52. The summed E-state index contributed by atoms with van der Waals surface area (Å²) in [6, 6.07) is 4.79. The van der Waals surface area contributed by atoms with Crippen LogP contribution in [0.15, 0.2) is 34.1 Å². The smallest absolute Gasteiger partial charge is 0.304 e. The first-order valence-corrected chi connectivity index (χ1v) is 10.1. The average molecular weight is 378 g/mol. The van der Waals surface area contributed by atoms with Gasteiger partial charge in [0.1, 0.15) is 0 Å². The van der Waals surface area contributed by atoms with Gasteiger partial charge in [0, 0.05) is 19.6 Å². The molecule has 1 heterocycles. The fraction of sp³-hybridized carbons (Fsp3) is 0.462. The second-order valence-corrected chi connectivity index (χ2v) is 8.73. The number of carboxylic acid groups (broad SMARTS) is 1. The van der Waals surface area contributed by atoms with Crippen LogP contribution in [-0.4, -0.2) is 65.1 Å². The summed E-state index contributed by atoms with van der Waals surface area (Å²) in [5.74, 6) is -1.12. The minimum atomic E-state index is -3.88. The molecule has 1 aromatic carbocycles. The van der Waals surface area contributed by atoms with Crippen LogP contribution in [0.3, 0.4) is 0 Å². The van der Waals surface area contributed by atoms with Crippen molar-refractivity contribution < 1.29 is 31.5 Å². The molecule has 24 heavy (non-hydrogen) atoms. The molecule has 134 valence electrons. The van der Waals surface area contributed by atoms with Crippen LogP contribution < -0.4 is 4.72 Å². The van der Waals surface area contributed by atoms with Crippen LogP contribution in [0.25, 0.3) is 0 Å². The number of hydrogen-bond donors (Lipinski definition) is 2. The first kappa shape index (κ1) is 18.8. The summed E-state index contributed by atoms with van der Waals surface area (Å²) in [5.41, 5.74) is 0. The van der Waals surface area contributed by atoms with Crippen LogP contribution in [0.4, 0.5) is 0 Å². The summed E-state index contributed by atoms with van der Waals surface area (Å²) in [6.45, 7) is 0.891. The highest BCUT2D eigenvalue weighted by molar-refractivity contribution is 7.89. The lowest BCUT2D eigenvalue weighted by molar-refractivity contribution is -0.136. The Morgan fingerprint density at radius 1 is 1.08 bits per heavy atom. The van der Waals surface area contributed by atoms with Gasteiger partial charge in [-0.1, -0.05) is 0 Å². The fourth-order valence-electron chi connectivity index (χ4n) is 2.10. The molecule has 0 atom stereocenters. The van der Waals surface area contributed by atoms with Crippen molar-refractivity contribution in [2.75, 3.05) is 32.8 Å². The highest BCUT2D eigenvalue weighted by Gasteiger charge is 2.26. The van der Waals surface area contributed by atoms with Crippen LogP contribution in [0, 0.1) is 0 Å². The number of rotatable bonds is 7. The van der Waals surface area contributed by atoms with Gasteiger partial charge in [-0.15, -0.1) is 0 Å². The van der Waals surface area contributed by atoms with Gasteiger partial charge in [-0.25, -0.2) is 21.6 Å². The summed E-state index contributed by atoms with van der Waals surface area (Å²) in [6.07, 6.45) is -0.345. The van der Waals surface area contributed by atoms with Crippen molar-refractivity contribution in [3.63, 3.8) is 0 Å². The van der Waals surface area contributed by atoms with Crippen molar-refractivity contribution >= 4 is 26.0 Å². The topological polar surface area (TPSA) is 130 Å². The molecule has 0 aliphatic carbocycles. The van der Waals surface area contributed by atoms with E-state index in [1.54, 1.807) is 0 Å². The Kier molecular flexibility index (Phi) is 5.93. The standard InChI is InChI=1S/C13H18N2O7S2/c16-13(17)5-6-14-23(18,19)11-1-3-12(4-2-11)24(20,21)15-7-9-22-10-8-15/h1-4,14H,5-10H2,(H,16,17). The molecule has 1 aliphatic heterocycles. The van der Waals surface area contributed by atoms with Crippen LogP contribution >= 0.6 is 0 Å². The maximum atomic E-state index is 12.4. The molecule has 0 bridgehead atoms. The van der Waals surface area contributed by atoms with Gasteiger partial charge in [0.2, 0.25) is 20.0 Å². The Balaban J connectivity index is 2.13. The average Bonchev–Trinajstić information content (AvgIpc) is 2.55. The van der Waals surface area contributed by atoms with E-state index < -0.39 is 26.0 Å². The van der Waals surface area contributed by atoms with Gasteiger partial charge in [-0.3, -0.25) is 4.79 Å². The summed E-state index contributed by atoms with van der Waals surface area (Å²) >= 11 is 0. The predicted molar refractivity (Wildman–Crippen MR) is 83.5 cm³/mol. The van der Waals surface area contributed by atoms with E-state index in [0.717, 1.165) is 0 Å². The van der Waals surface area contributed by atoms with Crippen LogP contribution in [0.1, 0.15) is 6.42 Å². The normalized spacial score (nSPS) is 16.8. The van der Waals surface area contributed by atoms with E-state index in [2.05, 4.69) is 4.72 Å². The second-order valence-electron chi connectivity index (χ2n) is 5.03. The highest BCUT2D eigenvalue weighted by atomic mass is 32.2. The Hall–Kier alpha value is -1.53. The quantitative estimate of drug-likeness (QED) is 0.652. The van der Waals surface area contributed by atoms with Gasteiger partial charge < -0.3 is 9.84 Å². The Morgan fingerprint density at radius 2 is 1.62 bits per heavy atom. The van der Waals surface area contributed by atoms with E-state index in [-0.39, 0.29) is 35.8 Å². The molecular formula is C13H18N2O7S2. The lowest BCUT2D eigenvalue weighted by atomic mass is 10.4. The monoisotopic (exact) mass is 378 g/mol. The molecule has 0 aromatic heterocycles. The number of benzene rings is 1. The number of nitrogens with one attached hydrogen (secondary N) is 1. The Morgan fingerprint density at radius 3 is 2.17 bits per heavy atom. The third kappa shape index (κ3) is 4.51. The van der Waals surface area contributed by atoms with Gasteiger partial charge in [-0.2, -0.15) is 4.31 Å². The van der Waals surface area contributed by atoms with Gasteiger partial charge in [0.05, 0.1) is 29.4 Å². The SMILES string of the molecule is O=C(O)CCNS(=O)(=O)c1ccc(S(=O)(=O)N2CCOCC2)cc1. The molecule has 0 amide bonds. The third-order valence-corrected chi connectivity index (χ3v) is 6.76. The zero-order valence-electron chi connectivity index (χ0n) is 12.7. The molecule has 1 saturated heterocycles. The van der Waals surface area contributed by atoms with Gasteiger partial charge >= 0.3 is 5.97 Å². The molecule has 1 aliphatic rings. The van der Waals surface area contributed by atoms with Crippen molar-refractivity contribution in [1.29, 1.82) is 0 Å². The molecular weight excluding hydrogens is 360 g/mol. The van der Waals surface area contributed by atoms with Crippen LogP contribution in [0.5, 0.6) is 0 Å². The molecule has 11 heteroatoms. The van der Waals surface area contributed by atoms with Crippen LogP contribution in [-0.2, 0) is 29.6 Å². The zero-order valence-corrected chi connectivity index (χ0v) is 14.3. The largest absolute Gasteiger partial charge is 0.481 e. The van der Waals surface area contributed by atoms with Crippen molar-refractivity contribution in [2.45, 2.75) is 16.2 Å². The summed E-state index contributed by atoms with van der Waals surface area (Å²) in [7, 11) is -7.58. The van der Waals surface area contributed by atoms with E-state index >= 15 is 0 Å². The molecule has 1 fully saturated rings. The fourth-order valence-corrected chi connectivity index (χ4v) is 4.54. The van der Waals surface area contributed by atoms with E-state index in [9.17, 15) is 21.6 Å². The molecule has 0 unspecified atom stereocenters. The molecule has 0 radical (unpaired) electrons. The number of carbonyl (C=O) groups is 1. The summed E-state index contributed by atoms with van der Waals surface area (Å²) < 4.78 is 57.4. The first-order chi connectivity index (χ1) is 11.2. The molecule has 9 nitrogen and oxygen atoms in total. The van der Waals surface area contributed by atoms with Crippen molar-refractivity contribution in [2.24, 2.45) is 0 Å². The van der Waals surface area contributed by atoms with E-state index in [1.165, 1.54) is 28.6 Å². The minimum absolute atomic E-state index is 0.00566. The number of carboxylic acids is 1. The van der Waals surface area contributed by atoms with Gasteiger partial charge in [0.15, 0.2) is 0 Å². The number of ether oxygens (including phenoxy) is 1. The van der Waals surface area contributed by atoms with Crippen molar-refractivity contribution in [3.05, 3.63) is 24.3 Å². The number of nitrogens with zero attached hydrogens (tertiary/aromatic N) is 1. The lowest BCUT2D eigenvalue weighted by Gasteiger charge is -2.26. The van der Waals surface area contributed by atoms with E-state index in [4.69, 9.17) is 9.84 Å². The van der Waals surface area contributed by atoms with Gasteiger partial charge in [0.25, 0.3) is 0 Å². The lowest BCUT2D eigenvalue weighted by Crippen LogP contribution is -2.40. The molecule has 1 aromatic rings. The number of hydrogen-bond acceptors (Lipinski definition) is 6. The minimum Gasteiger partial charge on any atom is -0.481 e. The number of morpholine rings is 1. The Labute approximate surface area is 140 Å². The van der Waals surface area contributed by atoms with E-state index in [0.29, 0.717) is 13.2 Å². The van der Waals surface area contributed by atoms with Gasteiger partial charge in [-0.05, 0) is 24.3 Å². The maximum absolute atomic E-state index is 12.4. The second kappa shape index (κ2) is 7.57.